The average molecular weight is 249 g/mol. The summed E-state index contributed by atoms with van der Waals surface area (Å²) in [5, 5.41) is 0. The van der Waals surface area contributed by atoms with Gasteiger partial charge in [-0.05, 0) is 30.9 Å². The highest BCUT2D eigenvalue weighted by molar-refractivity contribution is 5.94. The zero-order valence-corrected chi connectivity index (χ0v) is 10.6. The van der Waals surface area contributed by atoms with E-state index in [2.05, 4.69) is 11.9 Å². The molecule has 18 heavy (non-hydrogen) atoms. The number of nitrogens with zero attached hydrogens (tertiary/aromatic N) is 1. The van der Waals surface area contributed by atoms with Crippen molar-refractivity contribution in [2.24, 2.45) is 11.1 Å². The van der Waals surface area contributed by atoms with Crippen LogP contribution < -0.4 is 11.3 Å². The second kappa shape index (κ2) is 4.94. The lowest BCUT2D eigenvalue weighted by molar-refractivity contribution is 0.0617. The number of carbonyl (C=O) groups is 1. The van der Waals surface area contributed by atoms with Crippen molar-refractivity contribution >= 4 is 5.91 Å². The van der Waals surface area contributed by atoms with Crippen molar-refractivity contribution in [3.8, 4) is 0 Å². The maximum Gasteiger partial charge on any atom is 0.254 e. The number of aromatic nitrogens is 1. The van der Waals surface area contributed by atoms with E-state index in [0.717, 1.165) is 12.8 Å². The molecule has 0 aromatic carbocycles. The van der Waals surface area contributed by atoms with Crippen molar-refractivity contribution in [2.45, 2.75) is 19.8 Å². The first kappa shape index (κ1) is 12.8. The SMILES string of the molecule is CC1(CN)CCN(C(=O)c2cc[nH]c(=O)c2)CC1. The molecule has 5 nitrogen and oxygen atoms in total. The van der Waals surface area contributed by atoms with Gasteiger partial charge in [0.15, 0.2) is 0 Å². The highest BCUT2D eigenvalue weighted by Crippen LogP contribution is 2.29. The highest BCUT2D eigenvalue weighted by Gasteiger charge is 2.30. The Morgan fingerprint density at radius 2 is 2.17 bits per heavy atom. The van der Waals surface area contributed by atoms with Gasteiger partial charge in [0, 0.05) is 30.9 Å². The third-order valence-electron chi connectivity index (χ3n) is 3.77. The normalized spacial score (nSPS) is 18.7. The molecule has 1 fully saturated rings. The fraction of sp³-hybridized carbons (Fsp3) is 0.538. The summed E-state index contributed by atoms with van der Waals surface area (Å²) in [6.07, 6.45) is 3.33. The zero-order chi connectivity index (χ0) is 13.2. The van der Waals surface area contributed by atoms with Crippen LogP contribution in [0.2, 0.25) is 0 Å². The molecule has 1 aliphatic rings. The van der Waals surface area contributed by atoms with Crippen LogP contribution >= 0.6 is 0 Å². The predicted molar refractivity (Wildman–Crippen MR) is 69.4 cm³/mol. The summed E-state index contributed by atoms with van der Waals surface area (Å²) in [5.41, 5.74) is 6.09. The van der Waals surface area contributed by atoms with E-state index in [0.29, 0.717) is 25.2 Å². The maximum absolute atomic E-state index is 12.2. The minimum absolute atomic E-state index is 0.0693. The third kappa shape index (κ3) is 2.61. The molecule has 3 N–H and O–H groups in total. The first-order valence-electron chi connectivity index (χ1n) is 6.22. The number of pyridine rings is 1. The molecule has 1 saturated heterocycles. The van der Waals surface area contributed by atoms with Crippen molar-refractivity contribution < 1.29 is 4.79 Å². The number of nitrogens with one attached hydrogen (secondary N) is 1. The van der Waals surface area contributed by atoms with Crippen LogP contribution in [0.15, 0.2) is 23.1 Å². The summed E-state index contributed by atoms with van der Waals surface area (Å²) >= 11 is 0. The topological polar surface area (TPSA) is 79.2 Å². The number of H-pyrrole nitrogens is 1. The van der Waals surface area contributed by atoms with Crippen LogP contribution in [-0.2, 0) is 0 Å². The second-order valence-corrected chi connectivity index (χ2v) is 5.25. The quantitative estimate of drug-likeness (QED) is 0.804. The average Bonchev–Trinajstić information content (AvgIpc) is 2.39. The number of hydrogen-bond donors (Lipinski definition) is 2. The van der Waals surface area contributed by atoms with Crippen LogP contribution in [0.5, 0.6) is 0 Å². The Morgan fingerprint density at radius 1 is 1.50 bits per heavy atom. The summed E-state index contributed by atoms with van der Waals surface area (Å²) < 4.78 is 0. The molecule has 1 aromatic rings. The van der Waals surface area contributed by atoms with E-state index in [1.165, 1.54) is 12.3 Å². The van der Waals surface area contributed by atoms with Gasteiger partial charge in [0.2, 0.25) is 5.56 Å². The molecule has 98 valence electrons. The van der Waals surface area contributed by atoms with E-state index in [1.807, 2.05) is 0 Å². The third-order valence-corrected chi connectivity index (χ3v) is 3.77. The van der Waals surface area contributed by atoms with Gasteiger partial charge >= 0.3 is 0 Å². The molecule has 0 aliphatic carbocycles. The first-order chi connectivity index (χ1) is 8.54. The Kier molecular flexibility index (Phi) is 3.52. The lowest BCUT2D eigenvalue weighted by Gasteiger charge is -2.38. The van der Waals surface area contributed by atoms with Gasteiger partial charge in [-0.2, -0.15) is 0 Å². The van der Waals surface area contributed by atoms with Crippen molar-refractivity contribution in [1.29, 1.82) is 0 Å². The van der Waals surface area contributed by atoms with Crippen molar-refractivity contribution in [2.75, 3.05) is 19.6 Å². The highest BCUT2D eigenvalue weighted by atomic mass is 16.2. The number of hydrogen-bond acceptors (Lipinski definition) is 3. The molecule has 0 bridgehead atoms. The van der Waals surface area contributed by atoms with Gasteiger partial charge in [-0.25, -0.2) is 0 Å². The van der Waals surface area contributed by atoms with Crippen molar-refractivity contribution in [1.82, 2.24) is 9.88 Å². The number of piperidine rings is 1. The van der Waals surface area contributed by atoms with Gasteiger partial charge in [-0.3, -0.25) is 9.59 Å². The molecule has 0 saturated carbocycles. The molecule has 2 rings (SSSR count). The number of likely N-dealkylation sites (tertiary alicyclic amines) is 1. The van der Waals surface area contributed by atoms with Gasteiger partial charge in [0.25, 0.3) is 5.91 Å². The van der Waals surface area contributed by atoms with E-state index in [-0.39, 0.29) is 16.9 Å². The van der Waals surface area contributed by atoms with Crippen LogP contribution in [0, 0.1) is 5.41 Å². The van der Waals surface area contributed by atoms with Crippen molar-refractivity contribution in [3.63, 3.8) is 0 Å². The van der Waals surface area contributed by atoms with Crippen molar-refractivity contribution in [3.05, 3.63) is 34.2 Å². The first-order valence-corrected chi connectivity index (χ1v) is 6.22. The number of rotatable bonds is 2. The molecule has 0 unspecified atom stereocenters. The molecule has 0 atom stereocenters. The summed E-state index contributed by atoms with van der Waals surface area (Å²) in [6.45, 7) is 4.22. The summed E-state index contributed by atoms with van der Waals surface area (Å²) in [7, 11) is 0. The standard InChI is InChI=1S/C13H19N3O2/c1-13(9-14)3-6-16(7-4-13)12(18)10-2-5-15-11(17)8-10/h2,5,8H,3-4,6-7,9,14H2,1H3,(H,15,17). The molecule has 1 amide bonds. The molecule has 1 aromatic heterocycles. The van der Waals surface area contributed by atoms with Gasteiger partial charge in [-0.1, -0.05) is 6.92 Å². The van der Waals surface area contributed by atoms with E-state index in [1.54, 1.807) is 11.0 Å². The molecule has 0 radical (unpaired) electrons. The zero-order valence-electron chi connectivity index (χ0n) is 10.6. The number of amides is 1. The largest absolute Gasteiger partial charge is 0.339 e. The van der Waals surface area contributed by atoms with Crippen LogP contribution in [0.25, 0.3) is 0 Å². The van der Waals surface area contributed by atoms with Crippen LogP contribution in [0.1, 0.15) is 30.1 Å². The van der Waals surface area contributed by atoms with E-state index in [4.69, 9.17) is 5.73 Å². The fourth-order valence-corrected chi connectivity index (χ4v) is 2.21. The molecule has 5 heteroatoms. The predicted octanol–water partition coefficient (Wildman–Crippen LogP) is 0.576. The fourth-order valence-electron chi connectivity index (χ4n) is 2.21. The van der Waals surface area contributed by atoms with Crippen LogP contribution in [-0.4, -0.2) is 35.4 Å². The van der Waals surface area contributed by atoms with Gasteiger partial charge < -0.3 is 15.6 Å². The Morgan fingerprint density at radius 3 is 2.72 bits per heavy atom. The second-order valence-electron chi connectivity index (χ2n) is 5.25. The Labute approximate surface area is 106 Å². The van der Waals surface area contributed by atoms with Crippen LogP contribution in [0.3, 0.4) is 0 Å². The van der Waals surface area contributed by atoms with Gasteiger partial charge in [-0.15, -0.1) is 0 Å². The summed E-state index contributed by atoms with van der Waals surface area (Å²) in [6, 6.07) is 2.99. The van der Waals surface area contributed by atoms with Gasteiger partial charge in [0.05, 0.1) is 0 Å². The van der Waals surface area contributed by atoms with Crippen LogP contribution in [0.4, 0.5) is 0 Å². The Bertz CT molecular complexity index is 487. The van der Waals surface area contributed by atoms with E-state index in [9.17, 15) is 9.59 Å². The molecule has 1 aliphatic heterocycles. The molecule has 2 heterocycles. The van der Waals surface area contributed by atoms with E-state index < -0.39 is 0 Å². The number of aromatic amines is 1. The minimum atomic E-state index is -0.246. The smallest absolute Gasteiger partial charge is 0.254 e. The number of carbonyl (C=O) groups excluding carboxylic acids is 1. The molecule has 0 spiro atoms. The monoisotopic (exact) mass is 249 g/mol. The lowest BCUT2D eigenvalue weighted by atomic mass is 9.80. The minimum Gasteiger partial charge on any atom is -0.339 e. The van der Waals surface area contributed by atoms with E-state index >= 15 is 0 Å². The van der Waals surface area contributed by atoms with Gasteiger partial charge in [0.1, 0.15) is 0 Å². The maximum atomic E-state index is 12.2. The summed E-state index contributed by atoms with van der Waals surface area (Å²) in [5.74, 6) is -0.0693. The lowest BCUT2D eigenvalue weighted by Crippen LogP contribution is -2.44. The number of nitrogens with two attached hydrogens (primary N) is 1. The molecular formula is C13H19N3O2. The molecular weight excluding hydrogens is 230 g/mol. The Balaban J connectivity index is 2.06. The summed E-state index contributed by atoms with van der Waals surface area (Å²) in [4.78, 5) is 27.7. The Hall–Kier alpha value is -1.62.